The van der Waals surface area contributed by atoms with E-state index in [1.165, 1.54) is 0 Å². The van der Waals surface area contributed by atoms with Crippen LogP contribution in [0.3, 0.4) is 0 Å². The number of hydrogen-bond donors (Lipinski definition) is 2. The molecule has 0 spiro atoms. The summed E-state index contributed by atoms with van der Waals surface area (Å²) in [7, 11) is 0. The molecule has 94 valence electrons. The highest BCUT2D eigenvalue weighted by Gasteiger charge is 2.40. The third kappa shape index (κ3) is 2.92. The third-order valence-corrected chi connectivity index (χ3v) is 3.40. The van der Waals surface area contributed by atoms with Crippen molar-refractivity contribution in [3.63, 3.8) is 0 Å². The van der Waals surface area contributed by atoms with E-state index in [9.17, 15) is 4.79 Å². The smallest absolute Gasteiger partial charge is 0.244 e. The van der Waals surface area contributed by atoms with Crippen molar-refractivity contribution in [2.45, 2.75) is 31.7 Å². The van der Waals surface area contributed by atoms with Gasteiger partial charge < -0.3 is 11.1 Å². The predicted molar refractivity (Wildman–Crippen MR) is 72.8 cm³/mol. The predicted octanol–water partition coefficient (Wildman–Crippen LogP) is 2.89. The molecule has 0 bridgehead atoms. The second kappa shape index (κ2) is 5.25. The van der Waals surface area contributed by atoms with Crippen molar-refractivity contribution in [2.24, 2.45) is 5.73 Å². The average molecular weight is 275 g/mol. The van der Waals surface area contributed by atoms with Crippen molar-refractivity contribution in [1.82, 2.24) is 0 Å². The van der Waals surface area contributed by atoms with Crippen LogP contribution in [0.5, 0.6) is 0 Å². The zero-order valence-corrected chi connectivity index (χ0v) is 11.2. The Labute approximate surface area is 112 Å². The van der Waals surface area contributed by atoms with Gasteiger partial charge in [0.25, 0.3) is 0 Å². The molecule has 1 aromatic rings. The minimum atomic E-state index is -0.687. The summed E-state index contributed by atoms with van der Waals surface area (Å²) in [5, 5.41) is 3.34. The monoisotopic (exact) mass is 274 g/mol. The Balaban J connectivity index is 0.00000144. The van der Waals surface area contributed by atoms with Gasteiger partial charge in [0.2, 0.25) is 5.91 Å². The summed E-state index contributed by atoms with van der Waals surface area (Å²) in [6.07, 6.45) is 2.52. The van der Waals surface area contributed by atoms with Crippen molar-refractivity contribution >= 4 is 35.6 Å². The molecule has 3 N–H and O–H groups in total. The first-order chi connectivity index (χ1) is 7.51. The molecule has 0 aromatic heterocycles. The summed E-state index contributed by atoms with van der Waals surface area (Å²) in [5.41, 5.74) is 6.94. The first-order valence-corrected chi connectivity index (χ1v) is 5.75. The maximum absolute atomic E-state index is 11.9. The van der Waals surface area contributed by atoms with Crippen molar-refractivity contribution < 1.29 is 4.79 Å². The normalized spacial score (nSPS) is 16.6. The number of anilines is 1. The molecule has 3 nitrogen and oxygen atoms in total. The highest BCUT2D eigenvalue weighted by Crippen LogP contribution is 2.31. The topological polar surface area (TPSA) is 55.1 Å². The van der Waals surface area contributed by atoms with Crippen molar-refractivity contribution in [1.29, 1.82) is 0 Å². The fraction of sp³-hybridized carbons (Fsp3) is 0.417. The lowest BCUT2D eigenvalue weighted by Gasteiger charge is -2.36. The molecule has 0 heterocycles. The van der Waals surface area contributed by atoms with E-state index in [0.29, 0.717) is 10.7 Å². The summed E-state index contributed by atoms with van der Waals surface area (Å²) in [4.78, 5) is 11.9. The molecular formula is C12H16Cl2N2O. The fourth-order valence-electron chi connectivity index (χ4n) is 1.77. The molecule has 1 aromatic carbocycles. The van der Waals surface area contributed by atoms with E-state index in [-0.39, 0.29) is 18.3 Å². The van der Waals surface area contributed by atoms with Gasteiger partial charge in [-0.15, -0.1) is 12.4 Å². The van der Waals surface area contributed by atoms with Gasteiger partial charge >= 0.3 is 0 Å². The standard InChI is InChI=1S/C12H15ClN2O.ClH/c1-8-3-4-9(13)10(7-8)15-11(16)12(14)5-2-6-12;/h3-4,7H,2,5-6,14H2,1H3,(H,15,16);1H. The highest BCUT2D eigenvalue weighted by molar-refractivity contribution is 6.33. The van der Waals surface area contributed by atoms with E-state index in [1.807, 2.05) is 19.1 Å². The molecule has 0 aliphatic heterocycles. The van der Waals surface area contributed by atoms with Crippen LogP contribution in [0.4, 0.5) is 5.69 Å². The second-order valence-corrected chi connectivity index (χ2v) is 4.85. The number of hydrogen-bond acceptors (Lipinski definition) is 2. The van der Waals surface area contributed by atoms with E-state index in [2.05, 4.69) is 5.32 Å². The van der Waals surface area contributed by atoms with Crippen molar-refractivity contribution in [2.75, 3.05) is 5.32 Å². The number of rotatable bonds is 2. The van der Waals surface area contributed by atoms with Crippen molar-refractivity contribution in [3.8, 4) is 0 Å². The zero-order chi connectivity index (χ0) is 11.8. The number of carbonyl (C=O) groups excluding carboxylic acids is 1. The molecule has 2 rings (SSSR count). The molecule has 1 aliphatic rings. The van der Waals surface area contributed by atoms with Gasteiger partial charge in [0.15, 0.2) is 0 Å². The maximum Gasteiger partial charge on any atom is 0.244 e. The Hall–Kier alpha value is -0.770. The molecule has 0 unspecified atom stereocenters. The van der Waals surface area contributed by atoms with E-state index in [1.54, 1.807) is 6.07 Å². The Morgan fingerprint density at radius 1 is 1.47 bits per heavy atom. The number of nitrogens with one attached hydrogen (secondary N) is 1. The quantitative estimate of drug-likeness (QED) is 0.872. The maximum atomic E-state index is 11.9. The van der Waals surface area contributed by atoms with Crippen LogP contribution in [0.25, 0.3) is 0 Å². The Bertz CT molecular complexity index is 431. The summed E-state index contributed by atoms with van der Waals surface area (Å²) >= 11 is 6.00. The van der Waals surface area contributed by atoms with Gasteiger partial charge in [-0.05, 0) is 43.9 Å². The van der Waals surface area contributed by atoms with Gasteiger partial charge in [-0.2, -0.15) is 0 Å². The first-order valence-electron chi connectivity index (χ1n) is 5.38. The Morgan fingerprint density at radius 3 is 2.65 bits per heavy atom. The van der Waals surface area contributed by atoms with Gasteiger partial charge in [0.1, 0.15) is 0 Å². The van der Waals surface area contributed by atoms with Crippen molar-refractivity contribution in [3.05, 3.63) is 28.8 Å². The van der Waals surface area contributed by atoms with Gasteiger partial charge in [0.05, 0.1) is 16.2 Å². The second-order valence-electron chi connectivity index (χ2n) is 4.45. The molecular weight excluding hydrogens is 259 g/mol. The van der Waals surface area contributed by atoms with E-state index in [4.69, 9.17) is 17.3 Å². The van der Waals surface area contributed by atoms with E-state index >= 15 is 0 Å². The average Bonchev–Trinajstić information content (AvgIpc) is 2.20. The lowest BCUT2D eigenvalue weighted by atomic mass is 9.77. The summed E-state index contributed by atoms with van der Waals surface area (Å²) in [5.74, 6) is -0.133. The van der Waals surface area contributed by atoms with Crippen LogP contribution in [0.1, 0.15) is 24.8 Å². The fourth-order valence-corrected chi connectivity index (χ4v) is 1.93. The van der Waals surface area contributed by atoms with Crippen LogP contribution in [-0.4, -0.2) is 11.4 Å². The summed E-state index contributed by atoms with van der Waals surface area (Å²) < 4.78 is 0. The van der Waals surface area contributed by atoms with Gasteiger partial charge in [-0.25, -0.2) is 0 Å². The molecule has 0 radical (unpaired) electrons. The van der Waals surface area contributed by atoms with Crippen LogP contribution in [0.15, 0.2) is 18.2 Å². The number of amides is 1. The van der Waals surface area contributed by atoms with Crippen LogP contribution in [-0.2, 0) is 4.79 Å². The zero-order valence-electron chi connectivity index (χ0n) is 9.63. The Morgan fingerprint density at radius 2 is 2.12 bits per heavy atom. The molecule has 1 saturated carbocycles. The molecule has 1 aliphatic carbocycles. The number of nitrogens with two attached hydrogens (primary N) is 1. The first kappa shape index (κ1) is 14.3. The van der Waals surface area contributed by atoms with Gasteiger partial charge in [-0.1, -0.05) is 17.7 Å². The molecule has 17 heavy (non-hydrogen) atoms. The third-order valence-electron chi connectivity index (χ3n) is 3.07. The number of carbonyl (C=O) groups is 1. The lowest BCUT2D eigenvalue weighted by molar-refractivity contribution is -0.123. The van der Waals surface area contributed by atoms with Gasteiger partial charge in [-0.3, -0.25) is 4.79 Å². The molecule has 5 heteroatoms. The van der Waals surface area contributed by atoms with E-state index in [0.717, 1.165) is 24.8 Å². The number of aryl methyl sites for hydroxylation is 1. The van der Waals surface area contributed by atoms with Gasteiger partial charge in [0, 0.05) is 0 Å². The molecule has 1 amide bonds. The minimum absolute atomic E-state index is 0. The summed E-state index contributed by atoms with van der Waals surface area (Å²) in [6, 6.07) is 5.53. The van der Waals surface area contributed by atoms with Crippen LogP contribution < -0.4 is 11.1 Å². The highest BCUT2D eigenvalue weighted by atomic mass is 35.5. The number of benzene rings is 1. The van der Waals surface area contributed by atoms with E-state index < -0.39 is 5.54 Å². The molecule has 1 fully saturated rings. The SMILES string of the molecule is Cc1ccc(Cl)c(NC(=O)C2(N)CCC2)c1.Cl. The lowest BCUT2D eigenvalue weighted by Crippen LogP contribution is -2.56. The molecule has 0 saturated heterocycles. The Kier molecular flexibility index (Phi) is 4.42. The molecule has 0 atom stereocenters. The van der Waals surface area contributed by atoms with Crippen LogP contribution in [0.2, 0.25) is 5.02 Å². The van der Waals surface area contributed by atoms with Crippen LogP contribution in [0, 0.1) is 6.92 Å². The number of halogens is 2. The van der Waals surface area contributed by atoms with Crippen LogP contribution >= 0.6 is 24.0 Å². The largest absolute Gasteiger partial charge is 0.323 e. The summed E-state index contributed by atoms with van der Waals surface area (Å²) in [6.45, 7) is 1.95. The minimum Gasteiger partial charge on any atom is -0.323 e.